The summed E-state index contributed by atoms with van der Waals surface area (Å²) in [6.45, 7) is -0.517. The number of ketones is 1. The fourth-order valence-electron chi connectivity index (χ4n) is 3.20. The Labute approximate surface area is 155 Å². The molecule has 0 amide bonds. The van der Waals surface area contributed by atoms with Gasteiger partial charge in [-0.15, -0.1) is 0 Å². The summed E-state index contributed by atoms with van der Waals surface area (Å²) >= 11 is 0. The van der Waals surface area contributed by atoms with Crippen LogP contribution in [0.5, 0.6) is 0 Å². The normalized spacial score (nSPS) is 10.9. The molecule has 0 aliphatic heterocycles. The highest BCUT2D eigenvalue weighted by Gasteiger charge is 2.19. The van der Waals surface area contributed by atoms with Crippen molar-refractivity contribution in [1.82, 2.24) is 0 Å². The van der Waals surface area contributed by atoms with Crippen molar-refractivity contribution in [3.05, 3.63) is 95.8 Å². The lowest BCUT2D eigenvalue weighted by atomic mass is 9.97. The molecule has 0 radical (unpaired) electrons. The lowest BCUT2D eigenvalue weighted by Crippen LogP contribution is -2.16. The summed E-state index contributed by atoms with van der Waals surface area (Å²) in [4.78, 5) is 25.0. The first-order valence-electron chi connectivity index (χ1n) is 8.50. The molecule has 0 bridgehead atoms. The molecule has 4 aromatic carbocycles. The molecule has 0 saturated heterocycles. The summed E-state index contributed by atoms with van der Waals surface area (Å²) in [5, 5.41) is 3.31. The van der Waals surface area contributed by atoms with Crippen molar-refractivity contribution in [2.24, 2.45) is 0 Å². The van der Waals surface area contributed by atoms with E-state index in [9.17, 15) is 14.0 Å². The third-order valence-corrected chi connectivity index (χ3v) is 4.48. The van der Waals surface area contributed by atoms with Crippen LogP contribution in [0.2, 0.25) is 0 Å². The van der Waals surface area contributed by atoms with Crippen molar-refractivity contribution in [3.63, 3.8) is 0 Å². The predicted octanol–water partition coefficient (Wildman–Crippen LogP) is 5.17. The molecule has 4 aromatic rings. The van der Waals surface area contributed by atoms with Crippen molar-refractivity contribution >= 4 is 33.3 Å². The van der Waals surface area contributed by atoms with Crippen LogP contribution in [-0.2, 0) is 4.74 Å². The Bertz CT molecular complexity index is 1130. The van der Waals surface area contributed by atoms with Gasteiger partial charge in [0.15, 0.2) is 6.61 Å². The average Bonchev–Trinajstić information content (AvgIpc) is 2.70. The Hall–Kier alpha value is -3.53. The van der Waals surface area contributed by atoms with E-state index in [-0.39, 0.29) is 5.56 Å². The van der Waals surface area contributed by atoms with Crippen molar-refractivity contribution in [2.45, 2.75) is 0 Å². The van der Waals surface area contributed by atoms with Gasteiger partial charge < -0.3 is 4.74 Å². The van der Waals surface area contributed by atoms with Crippen molar-refractivity contribution in [2.75, 3.05) is 6.61 Å². The number of rotatable bonds is 4. The molecular formula is C23H15FO3. The van der Waals surface area contributed by atoms with Gasteiger partial charge in [0.1, 0.15) is 5.82 Å². The average molecular weight is 358 g/mol. The van der Waals surface area contributed by atoms with Gasteiger partial charge in [-0.3, -0.25) is 4.79 Å². The van der Waals surface area contributed by atoms with E-state index in [0.29, 0.717) is 5.56 Å². The van der Waals surface area contributed by atoms with Crippen LogP contribution in [0.3, 0.4) is 0 Å². The van der Waals surface area contributed by atoms with Gasteiger partial charge in [0.2, 0.25) is 5.78 Å². The zero-order chi connectivity index (χ0) is 18.8. The number of hydrogen-bond donors (Lipinski definition) is 0. The van der Waals surface area contributed by atoms with E-state index in [0.717, 1.165) is 21.5 Å². The third-order valence-electron chi connectivity index (χ3n) is 4.48. The Morgan fingerprint density at radius 3 is 1.96 bits per heavy atom. The first kappa shape index (κ1) is 16.9. The fourth-order valence-corrected chi connectivity index (χ4v) is 3.20. The molecule has 3 nitrogen and oxygen atoms in total. The summed E-state index contributed by atoms with van der Waals surface area (Å²) in [6, 6.07) is 22.7. The molecular weight excluding hydrogens is 343 g/mol. The number of esters is 1. The molecule has 27 heavy (non-hydrogen) atoms. The minimum Gasteiger partial charge on any atom is -0.454 e. The highest BCUT2D eigenvalue weighted by molar-refractivity contribution is 6.17. The van der Waals surface area contributed by atoms with Crippen LogP contribution >= 0.6 is 0 Å². The molecule has 0 unspecified atom stereocenters. The number of ether oxygens (including phenoxy) is 1. The van der Waals surface area contributed by atoms with Crippen LogP contribution in [0.1, 0.15) is 20.7 Å². The molecule has 0 fully saturated rings. The van der Waals surface area contributed by atoms with E-state index in [2.05, 4.69) is 0 Å². The lowest BCUT2D eigenvalue weighted by molar-refractivity contribution is 0.0477. The second-order valence-corrected chi connectivity index (χ2v) is 6.17. The maximum atomic E-state index is 13.7. The Morgan fingerprint density at radius 2 is 1.33 bits per heavy atom. The molecule has 0 aliphatic rings. The Balaban J connectivity index is 1.70. The van der Waals surface area contributed by atoms with E-state index in [1.54, 1.807) is 6.07 Å². The highest BCUT2D eigenvalue weighted by atomic mass is 19.1. The molecule has 0 aliphatic carbocycles. The van der Waals surface area contributed by atoms with Gasteiger partial charge in [0.05, 0.1) is 11.1 Å². The van der Waals surface area contributed by atoms with E-state index in [1.807, 2.05) is 54.6 Å². The Kier molecular flexibility index (Phi) is 4.38. The standard InChI is InChI=1S/C23H15FO3/c24-20-12-6-5-11-19(20)21(25)14-27-23(26)22-17-9-3-1-7-15(17)13-16-8-2-4-10-18(16)22/h1-13H,14H2. The monoisotopic (exact) mass is 358 g/mol. The SMILES string of the molecule is O=C(COC(=O)c1c2ccccc2cc2ccccc12)c1ccccc1F. The van der Waals surface area contributed by atoms with Crippen molar-refractivity contribution < 1.29 is 18.7 Å². The molecule has 4 rings (SSSR count). The van der Waals surface area contributed by atoms with Gasteiger partial charge >= 0.3 is 5.97 Å². The molecule has 4 heteroatoms. The first-order valence-corrected chi connectivity index (χ1v) is 8.50. The van der Waals surface area contributed by atoms with E-state index in [1.165, 1.54) is 18.2 Å². The van der Waals surface area contributed by atoms with Gasteiger partial charge in [-0.25, -0.2) is 9.18 Å². The molecule has 0 N–H and O–H groups in total. The molecule has 0 aromatic heterocycles. The van der Waals surface area contributed by atoms with Gasteiger partial charge in [-0.05, 0) is 39.7 Å². The fraction of sp³-hybridized carbons (Fsp3) is 0.0435. The van der Waals surface area contributed by atoms with Crippen LogP contribution in [0.15, 0.2) is 78.9 Å². The minimum absolute atomic E-state index is 0.0897. The summed E-state index contributed by atoms with van der Waals surface area (Å²) in [7, 11) is 0. The molecule has 0 heterocycles. The number of hydrogen-bond acceptors (Lipinski definition) is 3. The van der Waals surface area contributed by atoms with Gasteiger partial charge in [-0.2, -0.15) is 0 Å². The summed E-state index contributed by atoms with van der Waals surface area (Å²) in [6.07, 6.45) is 0. The zero-order valence-corrected chi connectivity index (χ0v) is 14.3. The molecule has 0 spiro atoms. The number of carbonyl (C=O) groups is 2. The third kappa shape index (κ3) is 3.17. The number of carbonyl (C=O) groups excluding carboxylic acids is 2. The van der Waals surface area contributed by atoms with Crippen LogP contribution in [0, 0.1) is 5.82 Å². The maximum absolute atomic E-state index is 13.7. The van der Waals surface area contributed by atoms with Gasteiger partial charge in [0, 0.05) is 0 Å². The summed E-state index contributed by atoms with van der Waals surface area (Å²) in [5.74, 6) is -1.81. The van der Waals surface area contributed by atoms with Crippen LogP contribution in [0.4, 0.5) is 4.39 Å². The summed E-state index contributed by atoms with van der Waals surface area (Å²) < 4.78 is 19.0. The van der Waals surface area contributed by atoms with E-state index >= 15 is 0 Å². The minimum atomic E-state index is -0.630. The lowest BCUT2D eigenvalue weighted by Gasteiger charge is -2.11. The largest absolute Gasteiger partial charge is 0.454 e. The topological polar surface area (TPSA) is 43.4 Å². The molecule has 0 saturated carbocycles. The zero-order valence-electron chi connectivity index (χ0n) is 14.3. The van der Waals surface area contributed by atoms with Crippen LogP contribution < -0.4 is 0 Å². The quantitative estimate of drug-likeness (QED) is 0.287. The van der Waals surface area contributed by atoms with Crippen molar-refractivity contribution in [3.8, 4) is 0 Å². The van der Waals surface area contributed by atoms with Gasteiger partial charge in [0.25, 0.3) is 0 Å². The van der Waals surface area contributed by atoms with Crippen molar-refractivity contribution in [1.29, 1.82) is 0 Å². The molecule has 132 valence electrons. The number of halogens is 1. The second-order valence-electron chi connectivity index (χ2n) is 6.17. The first-order chi connectivity index (χ1) is 13.1. The summed E-state index contributed by atoms with van der Waals surface area (Å²) in [5.41, 5.74) is 0.318. The smallest absolute Gasteiger partial charge is 0.339 e. The maximum Gasteiger partial charge on any atom is 0.339 e. The van der Waals surface area contributed by atoms with Gasteiger partial charge in [-0.1, -0.05) is 60.7 Å². The molecule has 0 atom stereocenters. The Morgan fingerprint density at radius 1 is 0.778 bits per heavy atom. The number of fused-ring (bicyclic) bond motifs is 2. The second kappa shape index (κ2) is 7.00. The number of Topliss-reactive ketones (excluding diaryl/α,β-unsaturated/α-hetero) is 1. The van der Waals surface area contributed by atoms with E-state index < -0.39 is 24.2 Å². The van der Waals surface area contributed by atoms with Crippen LogP contribution in [-0.4, -0.2) is 18.4 Å². The number of benzene rings is 4. The predicted molar refractivity (Wildman–Crippen MR) is 102 cm³/mol. The van der Waals surface area contributed by atoms with Crippen LogP contribution in [0.25, 0.3) is 21.5 Å². The highest BCUT2D eigenvalue weighted by Crippen LogP contribution is 2.29. The van der Waals surface area contributed by atoms with E-state index in [4.69, 9.17) is 4.74 Å².